The topological polar surface area (TPSA) is 55.8 Å². The molecule has 116 valence electrons. The van der Waals surface area contributed by atoms with Crippen molar-refractivity contribution in [3.8, 4) is 16.9 Å². The van der Waals surface area contributed by atoms with E-state index in [0.717, 1.165) is 36.3 Å². The van der Waals surface area contributed by atoms with Crippen molar-refractivity contribution < 1.29 is 19.4 Å². The van der Waals surface area contributed by atoms with E-state index in [-0.39, 0.29) is 0 Å². The Morgan fingerprint density at radius 3 is 2.00 bits per heavy atom. The van der Waals surface area contributed by atoms with E-state index >= 15 is 0 Å². The first-order valence-corrected chi connectivity index (χ1v) is 7.26. The molecule has 4 nitrogen and oxygen atoms in total. The normalized spacial score (nSPS) is 10.4. The molecule has 2 aromatic carbocycles. The van der Waals surface area contributed by atoms with Crippen LogP contribution in [-0.4, -0.2) is 31.4 Å². The average Bonchev–Trinajstić information content (AvgIpc) is 2.55. The maximum Gasteiger partial charge on any atom is 0.335 e. The summed E-state index contributed by atoms with van der Waals surface area (Å²) in [6.45, 7) is 1.44. The number of ether oxygens (including phenoxy) is 2. The Hall–Kier alpha value is -2.33. The quantitative estimate of drug-likeness (QED) is 0.752. The number of hydrogen-bond acceptors (Lipinski definition) is 3. The summed E-state index contributed by atoms with van der Waals surface area (Å²) in [5.41, 5.74) is 2.31. The lowest BCUT2D eigenvalue weighted by Gasteiger charge is -2.07. The number of carbonyl (C=O) groups is 1. The summed E-state index contributed by atoms with van der Waals surface area (Å²) in [4.78, 5) is 10.8. The van der Waals surface area contributed by atoms with Crippen molar-refractivity contribution in [3.63, 3.8) is 0 Å². The van der Waals surface area contributed by atoms with Crippen LogP contribution in [0.3, 0.4) is 0 Å². The van der Waals surface area contributed by atoms with E-state index in [2.05, 4.69) is 0 Å². The Morgan fingerprint density at radius 1 is 0.909 bits per heavy atom. The molecule has 0 aromatic heterocycles. The van der Waals surface area contributed by atoms with Gasteiger partial charge >= 0.3 is 5.97 Å². The number of benzene rings is 2. The van der Waals surface area contributed by atoms with Crippen molar-refractivity contribution in [1.82, 2.24) is 0 Å². The zero-order valence-corrected chi connectivity index (χ0v) is 12.6. The fourth-order valence-electron chi connectivity index (χ4n) is 2.09. The predicted octanol–water partition coefficient (Wildman–Crippen LogP) is 3.86. The van der Waals surface area contributed by atoms with Crippen LogP contribution in [0.1, 0.15) is 23.2 Å². The smallest absolute Gasteiger partial charge is 0.335 e. The number of rotatable bonds is 8. The summed E-state index contributed by atoms with van der Waals surface area (Å²) < 4.78 is 10.7. The number of aromatic carboxylic acids is 1. The maximum atomic E-state index is 10.8. The van der Waals surface area contributed by atoms with Crippen LogP contribution < -0.4 is 4.74 Å². The molecular formula is C18H20O4. The summed E-state index contributed by atoms with van der Waals surface area (Å²) in [7, 11) is 1.70. The fourth-order valence-corrected chi connectivity index (χ4v) is 2.09. The van der Waals surface area contributed by atoms with Crippen molar-refractivity contribution in [2.45, 2.75) is 12.8 Å². The third kappa shape index (κ3) is 4.60. The van der Waals surface area contributed by atoms with E-state index in [1.165, 1.54) is 0 Å². The van der Waals surface area contributed by atoms with Gasteiger partial charge in [0, 0.05) is 13.7 Å². The van der Waals surface area contributed by atoms with Crippen molar-refractivity contribution >= 4 is 5.97 Å². The molecule has 0 unspecified atom stereocenters. The number of carboxylic acid groups (broad SMARTS) is 1. The number of hydrogen-bond donors (Lipinski definition) is 1. The summed E-state index contributed by atoms with van der Waals surface area (Å²) in [6, 6.07) is 14.6. The molecule has 0 fully saturated rings. The van der Waals surface area contributed by atoms with E-state index in [9.17, 15) is 4.79 Å². The van der Waals surface area contributed by atoms with Crippen LogP contribution in [0, 0.1) is 0 Å². The van der Waals surface area contributed by atoms with Gasteiger partial charge in [-0.05, 0) is 48.2 Å². The van der Waals surface area contributed by atoms with Gasteiger partial charge in [0.25, 0.3) is 0 Å². The van der Waals surface area contributed by atoms with Gasteiger partial charge in [-0.15, -0.1) is 0 Å². The van der Waals surface area contributed by atoms with E-state index in [0.29, 0.717) is 12.2 Å². The lowest BCUT2D eigenvalue weighted by atomic mass is 10.0. The molecular weight excluding hydrogens is 280 g/mol. The molecule has 0 spiro atoms. The third-order valence-corrected chi connectivity index (χ3v) is 3.33. The minimum atomic E-state index is -0.913. The Kier molecular flexibility index (Phi) is 5.98. The molecule has 22 heavy (non-hydrogen) atoms. The second-order valence-electron chi connectivity index (χ2n) is 4.96. The Morgan fingerprint density at radius 2 is 1.45 bits per heavy atom. The van der Waals surface area contributed by atoms with Gasteiger partial charge in [0.15, 0.2) is 0 Å². The molecule has 0 atom stereocenters. The van der Waals surface area contributed by atoms with Crippen molar-refractivity contribution in [2.24, 2.45) is 0 Å². The Balaban J connectivity index is 1.92. The molecule has 0 amide bonds. The Labute approximate surface area is 130 Å². The summed E-state index contributed by atoms with van der Waals surface area (Å²) in [5, 5.41) is 8.89. The largest absolute Gasteiger partial charge is 0.494 e. The molecule has 2 aromatic rings. The summed E-state index contributed by atoms with van der Waals surface area (Å²) >= 11 is 0. The van der Waals surface area contributed by atoms with Gasteiger partial charge in [-0.1, -0.05) is 24.3 Å². The summed E-state index contributed by atoms with van der Waals surface area (Å²) in [6.07, 6.45) is 1.96. The lowest BCUT2D eigenvalue weighted by molar-refractivity contribution is 0.0697. The minimum Gasteiger partial charge on any atom is -0.494 e. The molecule has 0 aliphatic heterocycles. The highest BCUT2D eigenvalue weighted by Gasteiger charge is 2.03. The maximum absolute atomic E-state index is 10.8. The van der Waals surface area contributed by atoms with Crippen molar-refractivity contribution in [1.29, 1.82) is 0 Å². The second kappa shape index (κ2) is 8.20. The number of carboxylic acids is 1. The lowest BCUT2D eigenvalue weighted by Crippen LogP contribution is -1.99. The van der Waals surface area contributed by atoms with E-state index in [4.69, 9.17) is 14.6 Å². The van der Waals surface area contributed by atoms with Crippen molar-refractivity contribution in [2.75, 3.05) is 20.3 Å². The van der Waals surface area contributed by atoms with Gasteiger partial charge in [-0.3, -0.25) is 0 Å². The number of methoxy groups -OCH3 is 1. The van der Waals surface area contributed by atoms with Crippen LogP contribution in [0.15, 0.2) is 48.5 Å². The zero-order chi connectivity index (χ0) is 15.8. The van der Waals surface area contributed by atoms with Gasteiger partial charge in [0.05, 0.1) is 12.2 Å². The van der Waals surface area contributed by atoms with Crippen LogP contribution in [0.25, 0.3) is 11.1 Å². The first kappa shape index (κ1) is 16.0. The molecule has 4 heteroatoms. The highest BCUT2D eigenvalue weighted by molar-refractivity contribution is 5.88. The van der Waals surface area contributed by atoms with Gasteiger partial charge in [0.2, 0.25) is 0 Å². The van der Waals surface area contributed by atoms with Crippen LogP contribution >= 0.6 is 0 Å². The second-order valence-corrected chi connectivity index (χ2v) is 4.96. The molecule has 0 radical (unpaired) electrons. The molecule has 2 rings (SSSR count). The van der Waals surface area contributed by atoms with Crippen molar-refractivity contribution in [3.05, 3.63) is 54.1 Å². The molecule has 0 aliphatic rings. The minimum absolute atomic E-state index is 0.291. The molecule has 0 heterocycles. The van der Waals surface area contributed by atoms with Gasteiger partial charge in [-0.25, -0.2) is 4.79 Å². The van der Waals surface area contributed by atoms with Crippen LogP contribution in [-0.2, 0) is 4.74 Å². The molecule has 0 saturated carbocycles. The van der Waals surface area contributed by atoms with Crippen LogP contribution in [0.4, 0.5) is 0 Å². The number of unbranched alkanes of at least 4 members (excludes halogenated alkanes) is 1. The first-order valence-electron chi connectivity index (χ1n) is 7.26. The van der Waals surface area contributed by atoms with Gasteiger partial charge in [0.1, 0.15) is 5.75 Å². The molecule has 0 aliphatic carbocycles. The van der Waals surface area contributed by atoms with E-state index in [1.54, 1.807) is 19.2 Å². The predicted molar refractivity (Wildman–Crippen MR) is 85.4 cm³/mol. The SMILES string of the molecule is COCCCCOc1ccc(-c2ccc(C(=O)O)cc2)cc1. The highest BCUT2D eigenvalue weighted by Crippen LogP contribution is 2.23. The first-order chi connectivity index (χ1) is 10.7. The monoisotopic (exact) mass is 300 g/mol. The molecule has 0 saturated heterocycles. The van der Waals surface area contributed by atoms with E-state index < -0.39 is 5.97 Å². The Bertz CT molecular complexity index is 587. The van der Waals surface area contributed by atoms with Crippen LogP contribution in [0.2, 0.25) is 0 Å². The molecule has 0 bridgehead atoms. The highest BCUT2D eigenvalue weighted by atomic mass is 16.5. The standard InChI is InChI=1S/C18H20O4/c1-21-12-2-3-13-22-17-10-8-15(9-11-17)14-4-6-16(7-5-14)18(19)20/h4-11H,2-3,12-13H2,1H3,(H,19,20). The van der Waals surface area contributed by atoms with Gasteiger partial charge in [-0.2, -0.15) is 0 Å². The average molecular weight is 300 g/mol. The zero-order valence-electron chi connectivity index (χ0n) is 12.6. The summed E-state index contributed by atoms with van der Waals surface area (Å²) in [5.74, 6) is -0.0768. The molecule has 1 N–H and O–H groups in total. The van der Waals surface area contributed by atoms with E-state index in [1.807, 2.05) is 36.4 Å². The fraction of sp³-hybridized carbons (Fsp3) is 0.278. The third-order valence-electron chi connectivity index (χ3n) is 3.33. The van der Waals surface area contributed by atoms with Gasteiger partial charge < -0.3 is 14.6 Å². The van der Waals surface area contributed by atoms with Crippen LogP contribution in [0.5, 0.6) is 5.75 Å².